The van der Waals surface area contributed by atoms with Crippen molar-refractivity contribution in [3.63, 3.8) is 0 Å². The van der Waals surface area contributed by atoms with E-state index in [1.807, 2.05) is 6.92 Å². The Morgan fingerprint density at radius 1 is 1.22 bits per heavy atom. The van der Waals surface area contributed by atoms with Crippen LogP contribution in [0.25, 0.3) is 10.9 Å². The van der Waals surface area contributed by atoms with Gasteiger partial charge in [-0.15, -0.1) is 0 Å². The van der Waals surface area contributed by atoms with E-state index in [2.05, 4.69) is 15.8 Å². The highest BCUT2D eigenvalue weighted by molar-refractivity contribution is 7.92. The number of H-pyrrole nitrogens is 1. The highest BCUT2D eigenvalue weighted by atomic mass is 32.2. The summed E-state index contributed by atoms with van der Waals surface area (Å²) in [6, 6.07) is 11.8. The molecular weight excluding hydrogens is 366 g/mol. The molecule has 2 N–H and O–H groups in total. The maximum atomic E-state index is 12.8. The third kappa shape index (κ3) is 3.89. The van der Waals surface area contributed by atoms with Crippen molar-refractivity contribution in [2.45, 2.75) is 11.8 Å². The van der Waals surface area contributed by atoms with Crippen LogP contribution in [0, 0.1) is 18.3 Å². The van der Waals surface area contributed by atoms with Crippen LogP contribution in [0.2, 0.25) is 0 Å². The molecule has 140 valence electrons. The van der Waals surface area contributed by atoms with Gasteiger partial charge in [0.1, 0.15) is 18.4 Å². The smallest absolute Gasteiger partial charge is 0.262 e. The monoisotopic (exact) mass is 385 g/mol. The van der Waals surface area contributed by atoms with Crippen molar-refractivity contribution >= 4 is 26.6 Å². The van der Waals surface area contributed by atoms with Crippen molar-refractivity contribution in [2.75, 3.05) is 25.0 Å². The number of methoxy groups -OCH3 is 1. The zero-order chi connectivity index (χ0) is 19.4. The van der Waals surface area contributed by atoms with Gasteiger partial charge >= 0.3 is 0 Å². The molecule has 0 saturated carbocycles. The van der Waals surface area contributed by atoms with Crippen molar-refractivity contribution in [1.82, 2.24) is 4.98 Å². The number of nitrogens with zero attached hydrogens (tertiary/aromatic N) is 1. The summed E-state index contributed by atoms with van der Waals surface area (Å²) >= 11 is 0. The zero-order valence-electron chi connectivity index (χ0n) is 14.9. The Balaban J connectivity index is 1.93. The number of hydrogen-bond acceptors (Lipinski definition) is 5. The maximum Gasteiger partial charge on any atom is 0.262 e. The Kier molecular flexibility index (Phi) is 5.35. The number of fused-ring (bicyclic) bond motifs is 1. The van der Waals surface area contributed by atoms with Crippen molar-refractivity contribution in [1.29, 1.82) is 5.26 Å². The molecule has 0 aliphatic heterocycles. The van der Waals surface area contributed by atoms with Crippen LogP contribution in [-0.2, 0) is 14.8 Å². The van der Waals surface area contributed by atoms with Crippen LogP contribution in [0.15, 0.2) is 47.5 Å². The van der Waals surface area contributed by atoms with Gasteiger partial charge in [-0.05, 0) is 30.7 Å². The minimum atomic E-state index is -3.83. The molecule has 0 atom stereocenters. The second-order valence-corrected chi connectivity index (χ2v) is 7.60. The van der Waals surface area contributed by atoms with Crippen LogP contribution in [-0.4, -0.2) is 33.7 Å². The average Bonchev–Trinajstić information content (AvgIpc) is 3.10. The fourth-order valence-corrected chi connectivity index (χ4v) is 3.88. The maximum absolute atomic E-state index is 12.8. The second-order valence-electron chi connectivity index (χ2n) is 5.92. The lowest BCUT2D eigenvalue weighted by atomic mass is 10.1. The number of benzene rings is 2. The number of rotatable bonds is 7. The minimum absolute atomic E-state index is 0.0817. The molecule has 27 heavy (non-hydrogen) atoms. The zero-order valence-corrected chi connectivity index (χ0v) is 15.8. The molecule has 0 fully saturated rings. The van der Waals surface area contributed by atoms with Crippen LogP contribution < -0.4 is 9.46 Å². The van der Waals surface area contributed by atoms with Gasteiger partial charge in [0.05, 0.1) is 28.3 Å². The highest BCUT2D eigenvalue weighted by Crippen LogP contribution is 2.30. The molecule has 0 spiro atoms. The molecule has 8 heteroatoms. The van der Waals surface area contributed by atoms with E-state index in [-0.39, 0.29) is 4.90 Å². The standard InChI is InChI=1S/C19H19N3O4S/c1-13-6-7-17(19-18(13)14(11-20)12-21-19)22-27(23,24)16-5-3-4-15(10-16)26-9-8-25-2/h3-7,10,12,21-22H,8-9H2,1-2H3. The molecule has 1 aromatic heterocycles. The Morgan fingerprint density at radius 3 is 2.78 bits per heavy atom. The normalized spacial score (nSPS) is 11.3. The molecule has 1 heterocycles. The van der Waals surface area contributed by atoms with Gasteiger partial charge in [0.15, 0.2) is 0 Å². The lowest BCUT2D eigenvalue weighted by Crippen LogP contribution is -2.13. The number of aromatic amines is 1. The molecule has 0 unspecified atom stereocenters. The van der Waals surface area contributed by atoms with Crippen molar-refractivity contribution in [3.05, 3.63) is 53.7 Å². The van der Waals surface area contributed by atoms with Gasteiger partial charge in [-0.2, -0.15) is 5.26 Å². The van der Waals surface area contributed by atoms with E-state index in [0.717, 1.165) is 5.56 Å². The predicted octanol–water partition coefficient (Wildman–Crippen LogP) is 3.17. The molecule has 0 saturated heterocycles. The quantitative estimate of drug-likeness (QED) is 0.608. The van der Waals surface area contributed by atoms with E-state index < -0.39 is 10.0 Å². The molecule has 0 aliphatic rings. The fourth-order valence-electron chi connectivity index (χ4n) is 2.77. The summed E-state index contributed by atoms with van der Waals surface area (Å²) < 4.78 is 38.6. The molecule has 0 amide bonds. The van der Waals surface area contributed by atoms with Gasteiger partial charge in [-0.1, -0.05) is 12.1 Å². The average molecular weight is 385 g/mol. The van der Waals surface area contributed by atoms with Crippen molar-refractivity contribution in [3.8, 4) is 11.8 Å². The molecule has 3 rings (SSSR count). The first-order valence-corrected chi connectivity index (χ1v) is 9.70. The molecular formula is C19H19N3O4S. The summed E-state index contributed by atoms with van der Waals surface area (Å²) in [5.74, 6) is 0.440. The third-order valence-corrected chi connectivity index (χ3v) is 5.44. The van der Waals surface area contributed by atoms with E-state index in [0.29, 0.717) is 41.1 Å². The van der Waals surface area contributed by atoms with Crippen LogP contribution in [0.5, 0.6) is 5.75 Å². The first kappa shape index (κ1) is 18.8. The lowest BCUT2D eigenvalue weighted by molar-refractivity contribution is 0.146. The topological polar surface area (TPSA) is 104 Å². The molecule has 2 aromatic carbocycles. The molecule has 0 bridgehead atoms. The largest absolute Gasteiger partial charge is 0.491 e. The summed E-state index contributed by atoms with van der Waals surface area (Å²) in [6.07, 6.45) is 1.57. The number of anilines is 1. The Bertz CT molecular complexity index is 1110. The van der Waals surface area contributed by atoms with Crippen LogP contribution in [0.3, 0.4) is 0 Å². The molecule has 0 aliphatic carbocycles. The van der Waals surface area contributed by atoms with E-state index >= 15 is 0 Å². The first-order chi connectivity index (χ1) is 13.0. The summed E-state index contributed by atoms with van der Waals surface area (Å²) in [6.45, 7) is 2.60. The minimum Gasteiger partial charge on any atom is -0.491 e. The number of nitriles is 1. The van der Waals surface area contributed by atoms with Crippen molar-refractivity contribution < 1.29 is 17.9 Å². The lowest BCUT2D eigenvalue weighted by Gasteiger charge is -2.12. The second kappa shape index (κ2) is 7.70. The highest BCUT2D eigenvalue weighted by Gasteiger charge is 2.18. The SMILES string of the molecule is COCCOc1cccc(S(=O)(=O)Nc2ccc(C)c3c(C#N)c[nH]c23)c1. The Morgan fingerprint density at radius 2 is 2.04 bits per heavy atom. The van der Waals surface area contributed by atoms with E-state index in [4.69, 9.17) is 9.47 Å². The first-order valence-electron chi connectivity index (χ1n) is 8.21. The number of hydrogen-bond donors (Lipinski definition) is 2. The summed E-state index contributed by atoms with van der Waals surface area (Å²) in [5.41, 5.74) is 2.31. The fraction of sp³-hybridized carbons (Fsp3) is 0.211. The number of aromatic nitrogens is 1. The van der Waals surface area contributed by atoms with Crippen LogP contribution in [0.4, 0.5) is 5.69 Å². The molecule has 0 radical (unpaired) electrons. The van der Waals surface area contributed by atoms with Crippen LogP contribution in [0.1, 0.15) is 11.1 Å². The van der Waals surface area contributed by atoms with E-state index in [1.165, 1.54) is 12.1 Å². The summed E-state index contributed by atoms with van der Waals surface area (Å²) in [4.78, 5) is 3.06. The van der Waals surface area contributed by atoms with Gasteiger partial charge in [0, 0.05) is 24.8 Å². The van der Waals surface area contributed by atoms with Crippen LogP contribution >= 0.6 is 0 Å². The molecule has 3 aromatic rings. The summed E-state index contributed by atoms with van der Waals surface area (Å²) in [5, 5.41) is 9.94. The number of aryl methyl sites for hydroxylation is 1. The third-order valence-electron chi connectivity index (χ3n) is 4.08. The van der Waals surface area contributed by atoms with E-state index in [9.17, 15) is 13.7 Å². The number of nitrogens with one attached hydrogen (secondary N) is 2. The number of ether oxygens (including phenoxy) is 2. The van der Waals surface area contributed by atoms with Gasteiger partial charge in [-0.25, -0.2) is 8.42 Å². The number of sulfonamides is 1. The summed E-state index contributed by atoms with van der Waals surface area (Å²) in [7, 11) is -2.27. The van der Waals surface area contributed by atoms with E-state index in [1.54, 1.807) is 37.6 Å². The Hall–Kier alpha value is -3.02. The Labute approximate surface area is 157 Å². The van der Waals surface area contributed by atoms with Gasteiger partial charge < -0.3 is 14.5 Å². The molecule has 7 nitrogen and oxygen atoms in total. The predicted molar refractivity (Wildman–Crippen MR) is 102 cm³/mol. The van der Waals surface area contributed by atoms with Gasteiger partial charge in [-0.3, -0.25) is 4.72 Å². The van der Waals surface area contributed by atoms with Gasteiger partial charge in [0.2, 0.25) is 0 Å². The van der Waals surface area contributed by atoms with Gasteiger partial charge in [0.25, 0.3) is 10.0 Å². The van der Waals surface area contributed by atoms with Crippen molar-refractivity contribution in [2.24, 2.45) is 0 Å².